The van der Waals surface area contributed by atoms with Gasteiger partial charge in [-0.25, -0.2) is 0 Å². The second-order valence-electron chi connectivity index (χ2n) is 5.49. The summed E-state index contributed by atoms with van der Waals surface area (Å²) in [5.74, 6) is -0.243. The van der Waals surface area contributed by atoms with Crippen molar-refractivity contribution < 1.29 is 9.53 Å². The Morgan fingerprint density at radius 1 is 1.38 bits per heavy atom. The van der Waals surface area contributed by atoms with E-state index in [1.54, 1.807) is 0 Å². The van der Waals surface area contributed by atoms with E-state index in [4.69, 9.17) is 16.3 Å². The number of pyridine rings is 1. The van der Waals surface area contributed by atoms with Crippen LogP contribution in [0.3, 0.4) is 0 Å². The Balaban J connectivity index is 1.68. The van der Waals surface area contributed by atoms with Crippen LogP contribution in [0.1, 0.15) is 23.2 Å². The molecule has 2 saturated heterocycles. The summed E-state index contributed by atoms with van der Waals surface area (Å²) in [4.78, 5) is 28.3. The third kappa shape index (κ3) is 3.12. The lowest BCUT2D eigenvalue weighted by Gasteiger charge is -2.27. The first-order chi connectivity index (χ1) is 10.1. The number of likely N-dealkylation sites (tertiary alicyclic amines) is 1. The summed E-state index contributed by atoms with van der Waals surface area (Å²) in [5.41, 5.74) is -0.0426. The molecule has 0 saturated carbocycles. The number of ether oxygens (including phenoxy) is 1. The first-order valence-electron chi connectivity index (χ1n) is 7.16. The van der Waals surface area contributed by atoms with Gasteiger partial charge in [0.05, 0.1) is 30.9 Å². The fourth-order valence-corrected chi connectivity index (χ4v) is 3.12. The van der Waals surface area contributed by atoms with E-state index in [9.17, 15) is 9.59 Å². The van der Waals surface area contributed by atoms with Crippen LogP contribution in [0.4, 0.5) is 0 Å². The maximum Gasteiger partial charge on any atom is 0.266 e. The van der Waals surface area contributed by atoms with E-state index in [0.29, 0.717) is 18.8 Å². The number of nitrogens with zero attached hydrogens (tertiary/aromatic N) is 1. The van der Waals surface area contributed by atoms with Gasteiger partial charge in [0.15, 0.2) is 0 Å². The number of amides is 1. The van der Waals surface area contributed by atoms with Gasteiger partial charge in [-0.15, -0.1) is 0 Å². The number of nitrogens with one attached hydrogen (secondary N) is 2. The zero-order valence-electron chi connectivity index (χ0n) is 11.6. The molecular formula is C14H18ClN3O3. The fourth-order valence-electron chi connectivity index (χ4n) is 2.95. The zero-order valence-corrected chi connectivity index (χ0v) is 12.4. The molecule has 3 heterocycles. The number of aromatic amines is 1. The Morgan fingerprint density at radius 2 is 2.14 bits per heavy atom. The molecule has 2 N–H and O–H groups in total. The van der Waals surface area contributed by atoms with Gasteiger partial charge in [-0.05, 0) is 32.0 Å². The molecule has 0 spiro atoms. The van der Waals surface area contributed by atoms with E-state index < -0.39 is 5.56 Å². The van der Waals surface area contributed by atoms with Gasteiger partial charge in [0.25, 0.3) is 11.5 Å². The Bertz CT molecular complexity index is 583. The number of hydrogen-bond donors (Lipinski definition) is 2. The van der Waals surface area contributed by atoms with E-state index in [1.165, 1.54) is 25.1 Å². The molecule has 2 atom stereocenters. The molecule has 1 aromatic heterocycles. The number of H-pyrrole nitrogens is 1. The van der Waals surface area contributed by atoms with Crippen LogP contribution in [0.15, 0.2) is 17.1 Å². The molecule has 6 nitrogen and oxygen atoms in total. The third-order valence-electron chi connectivity index (χ3n) is 4.10. The molecule has 2 aliphatic heterocycles. The molecule has 1 amide bonds. The van der Waals surface area contributed by atoms with Gasteiger partial charge in [-0.2, -0.15) is 0 Å². The summed E-state index contributed by atoms with van der Waals surface area (Å²) in [6, 6.07) is 1.59. The van der Waals surface area contributed by atoms with Crippen molar-refractivity contribution in [2.75, 3.05) is 26.3 Å². The van der Waals surface area contributed by atoms with Gasteiger partial charge in [0.1, 0.15) is 5.02 Å². The minimum atomic E-state index is -0.396. The molecule has 0 aliphatic carbocycles. The van der Waals surface area contributed by atoms with Gasteiger partial charge >= 0.3 is 0 Å². The van der Waals surface area contributed by atoms with E-state index >= 15 is 0 Å². The molecular weight excluding hydrogens is 294 g/mol. The number of aromatic nitrogens is 1. The normalized spacial score (nSPS) is 26.1. The molecule has 2 aliphatic rings. The first-order valence-corrected chi connectivity index (χ1v) is 7.54. The maximum atomic E-state index is 12.3. The van der Waals surface area contributed by atoms with Crippen molar-refractivity contribution in [3.63, 3.8) is 0 Å². The maximum absolute atomic E-state index is 12.3. The lowest BCUT2D eigenvalue weighted by Crippen LogP contribution is -2.50. The van der Waals surface area contributed by atoms with Crippen molar-refractivity contribution in [2.24, 2.45) is 0 Å². The summed E-state index contributed by atoms with van der Waals surface area (Å²) < 4.78 is 5.52. The highest BCUT2D eigenvalue weighted by Crippen LogP contribution is 2.19. The monoisotopic (exact) mass is 311 g/mol. The minimum Gasteiger partial charge on any atom is -0.378 e. The molecule has 7 heteroatoms. The quantitative estimate of drug-likeness (QED) is 0.858. The summed E-state index contributed by atoms with van der Waals surface area (Å²) in [6.07, 6.45) is 3.78. The van der Waals surface area contributed by atoms with Crippen molar-refractivity contribution in [2.45, 2.75) is 24.9 Å². The molecule has 0 aromatic carbocycles. The van der Waals surface area contributed by atoms with E-state index in [0.717, 1.165) is 13.1 Å². The third-order valence-corrected chi connectivity index (χ3v) is 4.38. The second-order valence-corrected chi connectivity index (χ2v) is 5.90. The van der Waals surface area contributed by atoms with Crippen molar-refractivity contribution in [3.8, 4) is 0 Å². The summed E-state index contributed by atoms with van der Waals surface area (Å²) in [5, 5.41) is 3.00. The van der Waals surface area contributed by atoms with Gasteiger partial charge in [-0.3, -0.25) is 14.5 Å². The Hall–Kier alpha value is -1.37. The van der Waals surface area contributed by atoms with Gasteiger partial charge in [0.2, 0.25) is 0 Å². The summed E-state index contributed by atoms with van der Waals surface area (Å²) in [7, 11) is 0. The summed E-state index contributed by atoms with van der Waals surface area (Å²) in [6.45, 7) is 3.29. The van der Waals surface area contributed by atoms with Crippen LogP contribution in [0, 0.1) is 0 Å². The van der Waals surface area contributed by atoms with Crippen LogP contribution >= 0.6 is 11.6 Å². The lowest BCUT2D eigenvalue weighted by atomic mass is 10.1. The fraction of sp³-hybridized carbons (Fsp3) is 0.571. The van der Waals surface area contributed by atoms with Crippen molar-refractivity contribution in [1.82, 2.24) is 15.2 Å². The number of hydrogen-bond acceptors (Lipinski definition) is 4. The van der Waals surface area contributed by atoms with E-state index in [-0.39, 0.29) is 23.0 Å². The average molecular weight is 312 g/mol. The molecule has 114 valence electrons. The van der Waals surface area contributed by atoms with Gasteiger partial charge in [0, 0.05) is 6.20 Å². The standard InChI is InChI=1S/C14H18ClN3O3/c15-10-5-9(6-16-14(10)20)13(19)17-11-7-21-8-12(11)18-3-1-2-4-18/h5-6,11-12H,1-4,7-8H2,(H,16,20)(H,17,19)/t11-,12-/m1/s1. The highest BCUT2D eigenvalue weighted by Gasteiger charge is 2.35. The van der Waals surface area contributed by atoms with E-state index in [2.05, 4.69) is 15.2 Å². The SMILES string of the molecule is O=C(N[C@@H]1COC[C@H]1N1CCCC1)c1c[nH]c(=O)c(Cl)c1. The van der Waals surface area contributed by atoms with Crippen LogP contribution in [0.5, 0.6) is 0 Å². The molecule has 3 rings (SSSR count). The lowest BCUT2D eigenvalue weighted by molar-refractivity contribution is 0.0916. The minimum absolute atomic E-state index is 0.0152. The smallest absolute Gasteiger partial charge is 0.266 e. The number of halogens is 1. The Kier molecular flexibility index (Phi) is 4.28. The predicted molar refractivity (Wildman–Crippen MR) is 78.7 cm³/mol. The largest absolute Gasteiger partial charge is 0.378 e. The van der Waals surface area contributed by atoms with Crippen LogP contribution in [-0.4, -0.2) is 54.2 Å². The molecule has 0 radical (unpaired) electrons. The van der Waals surface area contributed by atoms with Crippen molar-refractivity contribution in [3.05, 3.63) is 33.2 Å². The zero-order chi connectivity index (χ0) is 14.8. The van der Waals surface area contributed by atoms with Crippen LogP contribution in [0.25, 0.3) is 0 Å². The molecule has 1 aromatic rings. The molecule has 0 bridgehead atoms. The summed E-state index contributed by atoms with van der Waals surface area (Å²) >= 11 is 5.75. The van der Waals surface area contributed by atoms with Crippen LogP contribution < -0.4 is 10.9 Å². The highest BCUT2D eigenvalue weighted by atomic mass is 35.5. The Morgan fingerprint density at radius 3 is 2.86 bits per heavy atom. The molecule has 21 heavy (non-hydrogen) atoms. The van der Waals surface area contributed by atoms with Crippen molar-refractivity contribution >= 4 is 17.5 Å². The van der Waals surface area contributed by atoms with Crippen molar-refractivity contribution in [1.29, 1.82) is 0 Å². The number of carbonyl (C=O) groups is 1. The van der Waals surface area contributed by atoms with Crippen LogP contribution in [-0.2, 0) is 4.74 Å². The van der Waals surface area contributed by atoms with Gasteiger partial charge in [-0.1, -0.05) is 11.6 Å². The topological polar surface area (TPSA) is 74.4 Å². The molecule has 0 unspecified atom stereocenters. The number of rotatable bonds is 3. The first kappa shape index (κ1) is 14.6. The number of carbonyl (C=O) groups excluding carboxylic acids is 1. The second kappa shape index (κ2) is 6.17. The van der Waals surface area contributed by atoms with Gasteiger partial charge < -0.3 is 15.0 Å². The average Bonchev–Trinajstić information content (AvgIpc) is 3.12. The highest BCUT2D eigenvalue weighted by molar-refractivity contribution is 6.30. The Labute approximate surface area is 127 Å². The molecule has 2 fully saturated rings. The predicted octanol–water partition coefficient (Wildman–Crippen LogP) is 0.621. The van der Waals surface area contributed by atoms with E-state index in [1.807, 2.05) is 0 Å². The van der Waals surface area contributed by atoms with Crippen LogP contribution in [0.2, 0.25) is 5.02 Å².